The molecule has 0 radical (unpaired) electrons. The summed E-state index contributed by atoms with van der Waals surface area (Å²) in [6.07, 6.45) is 3.61. The van der Waals surface area contributed by atoms with E-state index in [2.05, 4.69) is 31.1 Å². The molecule has 14 heavy (non-hydrogen) atoms. The monoisotopic (exact) mass is 210 g/mol. The smallest absolute Gasteiger partial charge is 0.129 e. The van der Waals surface area contributed by atoms with Crippen molar-refractivity contribution in [2.24, 2.45) is 0 Å². The number of rotatable bonds is 1. The average Bonchev–Trinajstić information content (AvgIpc) is 2.28. The maximum atomic E-state index is 9.92. The molecule has 0 aliphatic heterocycles. The molecule has 78 valence electrons. The Bertz CT molecular complexity index is 293. The summed E-state index contributed by atoms with van der Waals surface area (Å²) < 4.78 is 0. The SMILES string of the molecule is C[Si](C)(C)C#CC[C@]1(O)C=C[C@H](O)C1. The van der Waals surface area contributed by atoms with Crippen molar-refractivity contribution in [2.75, 3.05) is 0 Å². The van der Waals surface area contributed by atoms with Gasteiger partial charge in [-0.2, -0.15) is 0 Å². The fourth-order valence-electron chi connectivity index (χ4n) is 1.38. The molecule has 0 saturated heterocycles. The van der Waals surface area contributed by atoms with Gasteiger partial charge in [-0.3, -0.25) is 0 Å². The van der Waals surface area contributed by atoms with Gasteiger partial charge in [0.2, 0.25) is 0 Å². The lowest BCUT2D eigenvalue weighted by Gasteiger charge is -2.17. The molecule has 0 spiro atoms. The summed E-state index contributed by atoms with van der Waals surface area (Å²) in [5.74, 6) is 3.03. The van der Waals surface area contributed by atoms with Gasteiger partial charge in [-0.05, 0) is 0 Å². The van der Waals surface area contributed by atoms with Crippen LogP contribution in [-0.4, -0.2) is 30.0 Å². The zero-order chi connectivity index (χ0) is 10.8. The molecule has 0 aromatic carbocycles. The minimum absolute atomic E-state index is 0.382. The van der Waals surface area contributed by atoms with E-state index in [4.69, 9.17) is 0 Å². The zero-order valence-corrected chi connectivity index (χ0v) is 10.0. The summed E-state index contributed by atoms with van der Waals surface area (Å²) in [6.45, 7) is 6.51. The number of aliphatic hydroxyl groups is 2. The first kappa shape index (κ1) is 11.5. The van der Waals surface area contributed by atoms with E-state index in [-0.39, 0.29) is 0 Å². The van der Waals surface area contributed by atoms with E-state index in [1.807, 2.05) is 0 Å². The van der Waals surface area contributed by atoms with Crippen molar-refractivity contribution in [3.63, 3.8) is 0 Å². The van der Waals surface area contributed by atoms with Crippen LogP contribution in [-0.2, 0) is 0 Å². The molecule has 0 aromatic rings. The van der Waals surface area contributed by atoms with Crippen molar-refractivity contribution >= 4 is 8.07 Å². The second-order valence-electron chi connectivity index (χ2n) is 4.96. The summed E-state index contributed by atoms with van der Waals surface area (Å²) >= 11 is 0. The molecule has 0 heterocycles. The van der Waals surface area contributed by atoms with Gasteiger partial charge in [0.25, 0.3) is 0 Å². The minimum atomic E-state index is -1.34. The van der Waals surface area contributed by atoms with E-state index in [1.165, 1.54) is 0 Å². The van der Waals surface area contributed by atoms with Crippen LogP contribution in [0.1, 0.15) is 12.8 Å². The van der Waals surface area contributed by atoms with E-state index in [0.29, 0.717) is 12.8 Å². The van der Waals surface area contributed by atoms with Crippen molar-refractivity contribution in [1.82, 2.24) is 0 Å². The Morgan fingerprint density at radius 2 is 2.14 bits per heavy atom. The van der Waals surface area contributed by atoms with Crippen LogP contribution < -0.4 is 0 Å². The molecule has 1 aliphatic rings. The fourth-order valence-corrected chi connectivity index (χ4v) is 2.00. The molecule has 1 aliphatic carbocycles. The van der Waals surface area contributed by atoms with Crippen molar-refractivity contribution in [3.8, 4) is 11.5 Å². The van der Waals surface area contributed by atoms with E-state index in [9.17, 15) is 10.2 Å². The molecule has 2 atom stereocenters. The van der Waals surface area contributed by atoms with Crippen LogP contribution in [0.5, 0.6) is 0 Å². The van der Waals surface area contributed by atoms with E-state index < -0.39 is 19.8 Å². The summed E-state index contributed by atoms with van der Waals surface area (Å²) in [4.78, 5) is 0. The highest BCUT2D eigenvalue weighted by atomic mass is 28.3. The van der Waals surface area contributed by atoms with Gasteiger partial charge in [0.05, 0.1) is 11.7 Å². The molecule has 0 bridgehead atoms. The third-order valence-electron chi connectivity index (χ3n) is 2.05. The molecule has 3 heteroatoms. The van der Waals surface area contributed by atoms with E-state index in [0.717, 1.165) is 0 Å². The van der Waals surface area contributed by atoms with Gasteiger partial charge in [0, 0.05) is 12.8 Å². The molecule has 0 saturated carbocycles. The zero-order valence-electron chi connectivity index (χ0n) is 9.04. The quantitative estimate of drug-likeness (QED) is 0.389. The van der Waals surface area contributed by atoms with Gasteiger partial charge in [-0.25, -0.2) is 0 Å². The van der Waals surface area contributed by atoms with Crippen LogP contribution in [0.25, 0.3) is 0 Å². The highest BCUT2D eigenvalue weighted by molar-refractivity contribution is 6.83. The Morgan fingerprint density at radius 3 is 2.57 bits per heavy atom. The third kappa shape index (κ3) is 3.67. The molecule has 0 unspecified atom stereocenters. The molecular formula is C11H18O2Si. The maximum absolute atomic E-state index is 9.92. The summed E-state index contributed by atoms with van der Waals surface area (Å²) in [5, 5.41) is 19.2. The molecule has 0 fully saturated rings. The predicted octanol–water partition coefficient (Wildman–Crippen LogP) is 1.31. The van der Waals surface area contributed by atoms with Gasteiger partial charge < -0.3 is 10.2 Å². The molecular weight excluding hydrogens is 192 g/mol. The summed E-state index contributed by atoms with van der Waals surface area (Å²) in [6, 6.07) is 0. The lowest BCUT2D eigenvalue weighted by molar-refractivity contribution is 0.0626. The Balaban J connectivity index is 2.53. The van der Waals surface area contributed by atoms with Crippen LogP contribution in [0, 0.1) is 11.5 Å². The van der Waals surface area contributed by atoms with Crippen LogP contribution in [0.2, 0.25) is 19.6 Å². The second kappa shape index (κ2) is 3.89. The van der Waals surface area contributed by atoms with Crippen LogP contribution in [0.3, 0.4) is 0 Å². The first-order chi connectivity index (χ1) is 6.31. The van der Waals surface area contributed by atoms with E-state index >= 15 is 0 Å². The van der Waals surface area contributed by atoms with Crippen LogP contribution >= 0.6 is 0 Å². The molecule has 2 nitrogen and oxygen atoms in total. The Morgan fingerprint density at radius 1 is 1.50 bits per heavy atom. The first-order valence-electron chi connectivity index (χ1n) is 4.91. The van der Waals surface area contributed by atoms with Gasteiger partial charge >= 0.3 is 0 Å². The number of aliphatic hydroxyl groups excluding tert-OH is 1. The van der Waals surface area contributed by atoms with Crippen molar-refractivity contribution in [2.45, 2.75) is 44.2 Å². The lowest BCUT2D eigenvalue weighted by atomic mass is 9.99. The normalized spacial score (nSPS) is 31.4. The Kier molecular flexibility index (Phi) is 3.20. The fraction of sp³-hybridized carbons (Fsp3) is 0.636. The number of hydrogen-bond acceptors (Lipinski definition) is 2. The Hall–Kier alpha value is -0.563. The maximum Gasteiger partial charge on any atom is 0.129 e. The topological polar surface area (TPSA) is 40.5 Å². The van der Waals surface area contributed by atoms with Gasteiger partial charge in [0.15, 0.2) is 0 Å². The lowest BCUT2D eigenvalue weighted by Crippen LogP contribution is -2.25. The number of hydrogen-bond donors (Lipinski definition) is 2. The van der Waals surface area contributed by atoms with Crippen molar-refractivity contribution < 1.29 is 10.2 Å². The average molecular weight is 210 g/mol. The van der Waals surface area contributed by atoms with E-state index in [1.54, 1.807) is 12.2 Å². The van der Waals surface area contributed by atoms with Crippen molar-refractivity contribution in [3.05, 3.63) is 12.2 Å². The molecule has 0 amide bonds. The second-order valence-corrected chi connectivity index (χ2v) is 9.71. The standard InChI is InChI=1S/C11H18O2Si/c1-14(2,3)8-4-6-11(13)7-5-10(12)9-11/h5,7,10,12-13H,6,9H2,1-3H3/t10-,11-/m0/s1. The third-order valence-corrected chi connectivity index (χ3v) is 2.98. The highest BCUT2D eigenvalue weighted by Crippen LogP contribution is 2.25. The minimum Gasteiger partial charge on any atom is -0.389 e. The summed E-state index contributed by atoms with van der Waals surface area (Å²) in [7, 11) is -1.34. The highest BCUT2D eigenvalue weighted by Gasteiger charge is 2.30. The van der Waals surface area contributed by atoms with Gasteiger partial charge in [-0.1, -0.05) is 31.8 Å². The largest absolute Gasteiger partial charge is 0.389 e. The predicted molar refractivity (Wildman–Crippen MR) is 60.5 cm³/mol. The van der Waals surface area contributed by atoms with Gasteiger partial charge in [-0.15, -0.1) is 11.5 Å². The van der Waals surface area contributed by atoms with Gasteiger partial charge in [0.1, 0.15) is 8.07 Å². The molecule has 2 N–H and O–H groups in total. The first-order valence-corrected chi connectivity index (χ1v) is 8.41. The van der Waals surface area contributed by atoms with Crippen molar-refractivity contribution in [1.29, 1.82) is 0 Å². The summed E-state index contributed by atoms with van der Waals surface area (Å²) in [5.41, 5.74) is 2.31. The molecule has 0 aromatic heterocycles. The van der Waals surface area contributed by atoms with Crippen LogP contribution in [0.15, 0.2) is 12.2 Å². The molecule has 1 rings (SSSR count). The Labute approximate surface area is 86.7 Å². The van der Waals surface area contributed by atoms with Crippen LogP contribution in [0.4, 0.5) is 0 Å².